The van der Waals surface area contributed by atoms with Crippen LogP contribution in [0.5, 0.6) is 0 Å². The summed E-state index contributed by atoms with van der Waals surface area (Å²) in [6.07, 6.45) is 11.0. The Morgan fingerprint density at radius 1 is 1.23 bits per heavy atom. The summed E-state index contributed by atoms with van der Waals surface area (Å²) in [6, 6.07) is 10.1. The molecule has 1 N–H and O–H groups in total. The van der Waals surface area contributed by atoms with Crippen LogP contribution in [0.3, 0.4) is 0 Å². The Bertz CT molecular complexity index is 1230. The van der Waals surface area contributed by atoms with E-state index in [-0.39, 0.29) is 17.9 Å². The second-order valence-corrected chi connectivity index (χ2v) is 9.07. The number of allylic oxidation sites excluding steroid dienone is 3. The highest BCUT2D eigenvalue weighted by atomic mass is 16.5. The number of nitrogens with zero attached hydrogens (tertiary/aromatic N) is 5. The van der Waals surface area contributed by atoms with Crippen LogP contribution in [-0.2, 0) is 16.1 Å². The van der Waals surface area contributed by atoms with Gasteiger partial charge in [-0.25, -0.2) is 4.98 Å². The van der Waals surface area contributed by atoms with Crippen LogP contribution >= 0.6 is 0 Å². The van der Waals surface area contributed by atoms with E-state index in [0.717, 1.165) is 65.3 Å². The van der Waals surface area contributed by atoms with Gasteiger partial charge in [-0.05, 0) is 74.1 Å². The molecule has 1 aliphatic carbocycles. The van der Waals surface area contributed by atoms with Crippen molar-refractivity contribution in [2.75, 3.05) is 17.3 Å². The minimum absolute atomic E-state index is 0.0216. The molecule has 0 unspecified atom stereocenters. The zero-order valence-electron chi connectivity index (χ0n) is 20.1. The number of benzene rings is 1. The number of hydrazone groups is 2. The van der Waals surface area contributed by atoms with Crippen LogP contribution in [0.1, 0.15) is 43.7 Å². The van der Waals surface area contributed by atoms with Crippen molar-refractivity contribution in [2.45, 2.75) is 45.3 Å². The van der Waals surface area contributed by atoms with Gasteiger partial charge in [0, 0.05) is 37.7 Å². The van der Waals surface area contributed by atoms with Crippen LogP contribution in [0.2, 0.25) is 0 Å². The maximum atomic E-state index is 13.9. The van der Waals surface area contributed by atoms with E-state index in [9.17, 15) is 4.79 Å². The quantitative estimate of drug-likeness (QED) is 0.630. The number of aromatic nitrogens is 1. The van der Waals surface area contributed by atoms with E-state index in [2.05, 4.69) is 33.3 Å². The number of carbonyl (C=O) groups excluding carboxylic acids is 1. The van der Waals surface area contributed by atoms with E-state index in [1.165, 1.54) is 5.12 Å². The van der Waals surface area contributed by atoms with Crippen LogP contribution in [0.15, 0.2) is 64.6 Å². The number of nitrogens with one attached hydrogen (secondary N) is 1. The third-order valence-corrected chi connectivity index (χ3v) is 7.07. The van der Waals surface area contributed by atoms with Crippen LogP contribution in [0.25, 0.3) is 5.57 Å². The summed E-state index contributed by atoms with van der Waals surface area (Å²) in [5, 5.41) is 13.2. The zero-order valence-corrected chi connectivity index (χ0v) is 20.1. The lowest BCUT2D eigenvalue weighted by atomic mass is 9.86. The third kappa shape index (κ3) is 4.49. The molecule has 1 amide bonds. The van der Waals surface area contributed by atoms with Gasteiger partial charge in [-0.15, -0.1) is 0 Å². The lowest BCUT2D eigenvalue weighted by Gasteiger charge is -2.32. The summed E-state index contributed by atoms with van der Waals surface area (Å²) < 4.78 is 5.53. The molecule has 8 nitrogen and oxygen atoms in total. The second kappa shape index (κ2) is 9.84. The van der Waals surface area contributed by atoms with E-state index in [0.29, 0.717) is 6.54 Å². The Morgan fingerprint density at radius 3 is 2.83 bits per heavy atom. The fraction of sp³-hybridized carbons (Fsp3) is 0.333. The molecule has 0 saturated heterocycles. The number of rotatable bonds is 4. The number of hydrogen-bond donors (Lipinski definition) is 1. The van der Waals surface area contributed by atoms with E-state index in [4.69, 9.17) is 4.74 Å². The molecule has 1 aromatic carbocycles. The summed E-state index contributed by atoms with van der Waals surface area (Å²) in [7, 11) is 1.75. The Kier molecular flexibility index (Phi) is 6.46. The average molecular weight is 471 g/mol. The van der Waals surface area contributed by atoms with Gasteiger partial charge in [0.05, 0.1) is 29.7 Å². The standard InChI is InChI=1S/C27H30N6O2/c1-18(24-7-5-15-30-33(24)28-2)20-10-13-23-25(16-20)32(17-21-6-4-14-29-26(21)31-23)27(34)19-8-11-22(35-3)12-9-19/h4-7,10,13-16,19,22H,2,8-9,11-12,17H2,1,3H3,(H,29,31)/b24-18+/t19-,22-. The highest BCUT2D eigenvalue weighted by Gasteiger charge is 2.33. The van der Waals surface area contributed by atoms with E-state index in [1.807, 2.05) is 48.2 Å². The van der Waals surface area contributed by atoms with Gasteiger partial charge in [0.1, 0.15) is 5.82 Å². The van der Waals surface area contributed by atoms with E-state index in [1.54, 1.807) is 19.5 Å². The van der Waals surface area contributed by atoms with Crippen molar-refractivity contribution in [1.82, 2.24) is 10.1 Å². The van der Waals surface area contributed by atoms with Crippen molar-refractivity contribution in [3.8, 4) is 0 Å². The monoisotopic (exact) mass is 470 g/mol. The normalized spacial score (nSPS) is 22.6. The summed E-state index contributed by atoms with van der Waals surface area (Å²) in [4.78, 5) is 20.4. The molecule has 0 radical (unpaired) electrons. The maximum Gasteiger partial charge on any atom is 0.230 e. The number of hydrogen-bond acceptors (Lipinski definition) is 7. The molecule has 35 heavy (non-hydrogen) atoms. The molecular formula is C27H30N6O2. The number of anilines is 3. The van der Waals surface area contributed by atoms with Gasteiger partial charge >= 0.3 is 0 Å². The third-order valence-electron chi connectivity index (χ3n) is 7.07. The summed E-state index contributed by atoms with van der Waals surface area (Å²) in [6.45, 7) is 6.12. The number of ether oxygens (including phenoxy) is 1. The lowest BCUT2D eigenvalue weighted by Crippen LogP contribution is -2.38. The second-order valence-electron chi connectivity index (χ2n) is 9.07. The SMILES string of the molecule is C=NN1N=CC=C/C1=C(/C)c1ccc2c(c1)N(C(=O)[C@H]1CC[C@H](OC)CC1)Cc1cccnc1N2. The molecule has 0 spiro atoms. The molecular weight excluding hydrogens is 440 g/mol. The van der Waals surface area contributed by atoms with Crippen LogP contribution < -0.4 is 10.2 Å². The number of pyridine rings is 1. The first-order valence-electron chi connectivity index (χ1n) is 12.0. The molecule has 5 rings (SSSR count). The first-order valence-corrected chi connectivity index (χ1v) is 12.0. The van der Waals surface area contributed by atoms with Gasteiger partial charge in [-0.1, -0.05) is 12.1 Å². The summed E-state index contributed by atoms with van der Waals surface area (Å²) >= 11 is 0. The van der Waals surface area contributed by atoms with Gasteiger partial charge in [0.15, 0.2) is 0 Å². The zero-order chi connectivity index (χ0) is 24.4. The predicted molar refractivity (Wildman–Crippen MR) is 140 cm³/mol. The minimum atomic E-state index is -0.0216. The molecule has 3 heterocycles. The van der Waals surface area contributed by atoms with Crippen LogP contribution in [-0.4, -0.2) is 42.2 Å². The summed E-state index contributed by atoms with van der Waals surface area (Å²) in [5.74, 6) is 0.909. The van der Waals surface area contributed by atoms with Gasteiger partial charge in [0.2, 0.25) is 5.91 Å². The Labute approximate surface area is 205 Å². The highest BCUT2D eigenvalue weighted by Crippen LogP contribution is 2.39. The number of carbonyl (C=O) groups is 1. The largest absolute Gasteiger partial charge is 0.381 e. The topological polar surface area (TPSA) is 82.4 Å². The maximum absolute atomic E-state index is 13.9. The van der Waals surface area contributed by atoms with Crippen molar-refractivity contribution in [1.29, 1.82) is 0 Å². The molecule has 1 fully saturated rings. The number of methoxy groups -OCH3 is 1. The number of fused-ring (bicyclic) bond motifs is 2. The first-order chi connectivity index (χ1) is 17.1. The molecule has 3 aliphatic rings. The van der Waals surface area contributed by atoms with Crippen molar-refractivity contribution in [3.63, 3.8) is 0 Å². The van der Waals surface area contributed by atoms with Crippen molar-refractivity contribution in [2.24, 2.45) is 16.1 Å². The smallest absolute Gasteiger partial charge is 0.230 e. The Balaban J connectivity index is 1.55. The molecule has 0 bridgehead atoms. The molecule has 1 aromatic heterocycles. The molecule has 8 heteroatoms. The Hall–Kier alpha value is -3.78. The molecule has 180 valence electrons. The van der Waals surface area contributed by atoms with Crippen LogP contribution in [0, 0.1) is 5.92 Å². The minimum Gasteiger partial charge on any atom is -0.381 e. The first kappa shape index (κ1) is 23.0. The fourth-order valence-electron chi connectivity index (χ4n) is 5.02. The molecule has 2 aliphatic heterocycles. The van der Waals surface area contributed by atoms with E-state index < -0.39 is 0 Å². The predicted octanol–water partition coefficient (Wildman–Crippen LogP) is 5.08. The molecule has 2 aromatic rings. The van der Waals surface area contributed by atoms with Gasteiger partial charge < -0.3 is 15.0 Å². The molecule has 1 saturated carbocycles. The van der Waals surface area contributed by atoms with Crippen molar-refractivity contribution >= 4 is 41.6 Å². The lowest BCUT2D eigenvalue weighted by molar-refractivity contribution is -0.124. The van der Waals surface area contributed by atoms with Gasteiger partial charge in [-0.2, -0.15) is 15.3 Å². The van der Waals surface area contributed by atoms with Crippen molar-refractivity contribution in [3.05, 3.63) is 65.5 Å². The fourth-order valence-corrected chi connectivity index (χ4v) is 5.02. The number of amides is 1. The average Bonchev–Trinajstić information content (AvgIpc) is 3.08. The van der Waals surface area contributed by atoms with Gasteiger partial charge in [0.25, 0.3) is 0 Å². The summed E-state index contributed by atoms with van der Waals surface area (Å²) in [5.41, 5.74) is 5.51. The Morgan fingerprint density at radius 2 is 2.06 bits per heavy atom. The van der Waals surface area contributed by atoms with Gasteiger partial charge in [-0.3, -0.25) is 4.79 Å². The van der Waals surface area contributed by atoms with Crippen molar-refractivity contribution < 1.29 is 9.53 Å². The van der Waals surface area contributed by atoms with E-state index >= 15 is 0 Å². The molecule has 0 atom stereocenters. The highest BCUT2D eigenvalue weighted by molar-refractivity contribution is 6.00. The van der Waals surface area contributed by atoms with Crippen LogP contribution in [0.4, 0.5) is 17.2 Å².